The molecule has 7 atom stereocenters. The van der Waals surface area contributed by atoms with Crippen LogP contribution in [0.2, 0.25) is 0 Å². The molecule has 12 heteroatoms. The minimum absolute atomic E-state index is 0.0831. The minimum Gasteiger partial charge on any atom is -0.473 e. The Kier molecular flexibility index (Phi) is 6.93. The summed E-state index contributed by atoms with van der Waals surface area (Å²) in [5, 5.41) is 10.7. The molecule has 10 nitrogen and oxygen atoms in total. The van der Waals surface area contributed by atoms with Crippen molar-refractivity contribution in [2.75, 3.05) is 0 Å². The molecule has 2 amide bonds. The molecule has 1 N–H and O–H groups in total. The van der Waals surface area contributed by atoms with Gasteiger partial charge in [-0.05, 0) is 34.4 Å². The predicted octanol–water partition coefficient (Wildman–Crippen LogP) is 3.71. The lowest BCUT2D eigenvalue weighted by Crippen LogP contribution is -2.77. The van der Waals surface area contributed by atoms with E-state index in [9.17, 15) is 24.3 Å². The summed E-state index contributed by atoms with van der Waals surface area (Å²) in [5.41, 5.74) is 2.65. The molecule has 2 aromatic rings. The second kappa shape index (κ2) is 10.9. The summed E-state index contributed by atoms with van der Waals surface area (Å²) in [7, 11) is 2.69. The molecule has 2 aromatic carbocycles. The van der Waals surface area contributed by atoms with Crippen LogP contribution in [0.25, 0.3) is 0 Å². The lowest BCUT2D eigenvalue weighted by atomic mass is 9.96. The number of piperazine rings is 1. The van der Waals surface area contributed by atoms with Crippen LogP contribution in [0.5, 0.6) is 0 Å². The highest BCUT2D eigenvalue weighted by atomic mass is 33.1. The molecule has 0 aromatic heterocycles. The van der Waals surface area contributed by atoms with Crippen LogP contribution in [-0.2, 0) is 39.8 Å². The Balaban J connectivity index is 1.09. The summed E-state index contributed by atoms with van der Waals surface area (Å²) < 4.78 is 17.4. The van der Waals surface area contributed by atoms with Gasteiger partial charge in [-0.2, -0.15) is 0 Å². The zero-order chi connectivity index (χ0) is 31.6. The number of rotatable bonds is 6. The number of hydrogen-bond donors (Lipinski definition) is 1. The first kappa shape index (κ1) is 29.2. The highest BCUT2D eigenvalue weighted by Gasteiger charge is 2.77. The first-order valence-electron chi connectivity index (χ1n) is 14.9. The van der Waals surface area contributed by atoms with Gasteiger partial charge in [0.15, 0.2) is 15.8 Å². The largest absolute Gasteiger partial charge is 0.473 e. The van der Waals surface area contributed by atoms with Gasteiger partial charge in [0.1, 0.15) is 12.2 Å². The van der Waals surface area contributed by atoms with Crippen LogP contribution in [0.3, 0.4) is 0 Å². The quantitative estimate of drug-likeness (QED) is 0.364. The van der Waals surface area contributed by atoms with E-state index in [1.54, 1.807) is 46.2 Å². The van der Waals surface area contributed by atoms with E-state index in [1.165, 1.54) is 40.2 Å². The van der Waals surface area contributed by atoms with Crippen LogP contribution in [0.4, 0.5) is 0 Å². The Morgan fingerprint density at radius 3 is 2.17 bits per heavy atom. The van der Waals surface area contributed by atoms with Crippen molar-refractivity contribution < 1.29 is 38.5 Å². The molecule has 6 heterocycles. The zero-order valence-electron chi connectivity index (χ0n) is 24.3. The van der Waals surface area contributed by atoms with Gasteiger partial charge in [-0.15, -0.1) is 0 Å². The molecule has 9 rings (SSSR count). The van der Waals surface area contributed by atoms with Crippen molar-refractivity contribution >= 4 is 45.3 Å². The van der Waals surface area contributed by atoms with E-state index in [2.05, 4.69) is 0 Å². The molecule has 0 unspecified atom stereocenters. The molecular formula is C34H28N2O8S2. The highest BCUT2D eigenvalue weighted by molar-refractivity contribution is 8.78. The van der Waals surface area contributed by atoms with Gasteiger partial charge in [0.25, 0.3) is 11.8 Å². The average molecular weight is 657 g/mol. The van der Waals surface area contributed by atoms with Crippen LogP contribution in [-0.4, -0.2) is 72.7 Å². The Labute approximate surface area is 272 Å². The van der Waals surface area contributed by atoms with Crippen molar-refractivity contribution in [2.45, 2.75) is 59.4 Å². The van der Waals surface area contributed by atoms with Crippen molar-refractivity contribution in [1.82, 2.24) is 9.80 Å². The first-order chi connectivity index (χ1) is 22.3. The molecule has 234 valence electrons. The molecule has 0 radical (unpaired) electrons. The number of aliphatic hydroxyl groups excluding tert-OH is 1. The summed E-state index contributed by atoms with van der Waals surface area (Å²) >= 11 is 0. The Morgan fingerprint density at radius 2 is 1.48 bits per heavy atom. The number of hydrogen-bond acceptors (Lipinski definition) is 10. The number of carbonyl (C=O) groups excluding carboxylic acids is 4. The van der Waals surface area contributed by atoms with Gasteiger partial charge in [0.05, 0.1) is 31.0 Å². The Hall–Kier alpha value is -4.26. The molecule has 5 saturated heterocycles. The maximum Gasteiger partial charge on any atom is 0.340 e. The van der Waals surface area contributed by atoms with Gasteiger partial charge in [-0.3, -0.25) is 14.4 Å². The monoisotopic (exact) mass is 656 g/mol. The summed E-state index contributed by atoms with van der Waals surface area (Å²) in [6, 6.07) is 16.3. The van der Waals surface area contributed by atoms with Crippen LogP contribution < -0.4 is 0 Å². The van der Waals surface area contributed by atoms with Crippen molar-refractivity contribution in [3.05, 3.63) is 120 Å². The molecule has 5 fully saturated rings. The van der Waals surface area contributed by atoms with Gasteiger partial charge in [-0.25, -0.2) is 4.79 Å². The maximum absolute atomic E-state index is 14.7. The Morgan fingerprint density at radius 1 is 0.870 bits per heavy atom. The Bertz CT molecular complexity index is 1760. The first-order valence-corrected chi connectivity index (χ1v) is 17.1. The van der Waals surface area contributed by atoms with E-state index in [0.29, 0.717) is 11.1 Å². The fourth-order valence-electron chi connectivity index (χ4n) is 7.24. The second-order valence-corrected chi connectivity index (χ2v) is 14.6. The van der Waals surface area contributed by atoms with Crippen LogP contribution >= 0.6 is 21.6 Å². The summed E-state index contributed by atoms with van der Waals surface area (Å²) in [5.74, 6) is -1.86. The number of nitrogens with zero attached hydrogens (tertiary/aromatic N) is 2. The number of fused-ring (bicyclic) bond motifs is 3. The number of aliphatic hydroxyl groups is 1. The van der Waals surface area contributed by atoms with E-state index in [1.807, 2.05) is 42.5 Å². The smallest absolute Gasteiger partial charge is 0.340 e. The summed E-state index contributed by atoms with van der Waals surface area (Å²) in [6.45, 7) is 0. The SMILES string of the molecule is O=C(Cc1ccccc1)O[C@H]1C=CC=C2C[C@@]34SS[C@]5(CC6=COC=C[C@H](OC(=O)[C@H](O)c7ccccc7)[C@H]6N5C3=O)C(=O)N4[C@@H]21. The van der Waals surface area contributed by atoms with Gasteiger partial charge < -0.3 is 29.1 Å². The fourth-order valence-corrected chi connectivity index (χ4v) is 11.0. The molecule has 1 aliphatic carbocycles. The number of esters is 2. The minimum atomic E-state index is -1.53. The number of ether oxygens (including phenoxy) is 3. The van der Waals surface area contributed by atoms with Gasteiger partial charge in [-0.1, -0.05) is 94.4 Å². The molecule has 0 saturated carbocycles. The fraction of sp³-hybridized carbons (Fsp3) is 0.294. The van der Waals surface area contributed by atoms with Crippen LogP contribution in [0.1, 0.15) is 30.1 Å². The van der Waals surface area contributed by atoms with Crippen molar-refractivity contribution in [3.8, 4) is 0 Å². The molecule has 2 spiro atoms. The maximum atomic E-state index is 14.7. The lowest BCUT2D eigenvalue weighted by Gasteiger charge is -2.58. The van der Waals surface area contributed by atoms with Crippen molar-refractivity contribution in [1.29, 1.82) is 0 Å². The number of allylic oxidation sites excluding steroid dienone is 2. The average Bonchev–Trinajstić information content (AvgIpc) is 3.53. The van der Waals surface area contributed by atoms with E-state index < -0.39 is 52.1 Å². The molecule has 46 heavy (non-hydrogen) atoms. The summed E-state index contributed by atoms with van der Waals surface area (Å²) in [4.78, 5) is 56.2. The summed E-state index contributed by atoms with van der Waals surface area (Å²) in [6.07, 6.45) is 7.06. The van der Waals surface area contributed by atoms with E-state index in [4.69, 9.17) is 14.2 Å². The predicted molar refractivity (Wildman–Crippen MR) is 168 cm³/mol. The van der Waals surface area contributed by atoms with Crippen LogP contribution in [0, 0.1) is 0 Å². The topological polar surface area (TPSA) is 123 Å². The van der Waals surface area contributed by atoms with Crippen molar-refractivity contribution in [2.24, 2.45) is 0 Å². The number of carbonyl (C=O) groups is 4. The third kappa shape index (κ3) is 4.30. The number of amides is 2. The molecule has 6 aliphatic heterocycles. The van der Waals surface area contributed by atoms with E-state index in [0.717, 1.165) is 11.1 Å². The standard InChI is InChI=1S/C34H28N2O8S2/c37-26(16-20-8-3-1-4-9-20)43-24-13-7-12-22-17-33-31(40)36-28-23(18-34(36,46-45-33)32(41)35(33)27(22)24)19-42-15-14-25(28)44-30(39)29(38)21-10-5-2-6-11-21/h1-15,19,24-25,27-29,38H,16-18H2/t24-,25-,27-,28-,29+,33+,34+/m0/s1. The zero-order valence-corrected chi connectivity index (χ0v) is 25.9. The highest BCUT2D eigenvalue weighted by Crippen LogP contribution is 2.69. The van der Waals surface area contributed by atoms with E-state index in [-0.39, 0.29) is 31.1 Å². The van der Waals surface area contributed by atoms with Gasteiger partial charge in [0, 0.05) is 12.8 Å². The normalized spacial score (nSPS) is 32.3. The lowest BCUT2D eigenvalue weighted by molar-refractivity contribution is -0.173. The second-order valence-electron chi connectivity index (χ2n) is 11.9. The molecular weight excluding hydrogens is 629 g/mol. The number of benzene rings is 2. The van der Waals surface area contributed by atoms with Gasteiger partial charge >= 0.3 is 11.9 Å². The molecule has 2 bridgehead atoms. The molecule has 7 aliphatic rings. The third-order valence-electron chi connectivity index (χ3n) is 9.25. The van der Waals surface area contributed by atoms with Crippen LogP contribution in [0.15, 0.2) is 109 Å². The van der Waals surface area contributed by atoms with Crippen molar-refractivity contribution in [3.63, 3.8) is 0 Å². The third-order valence-corrected chi connectivity index (χ3v) is 12.8. The van der Waals surface area contributed by atoms with E-state index >= 15 is 0 Å². The van der Waals surface area contributed by atoms with Gasteiger partial charge in [0.2, 0.25) is 0 Å².